The van der Waals surface area contributed by atoms with Crippen LogP contribution in [-0.2, 0) is 23.1 Å². The van der Waals surface area contributed by atoms with Crippen molar-refractivity contribution in [3.8, 4) is 11.5 Å². The number of halogens is 3. The molecule has 14 heteroatoms. The Bertz CT molecular complexity index is 1880. The molecule has 4 aromatic rings. The number of pyridine rings is 1. The number of fused-ring (bicyclic) bond motifs is 1. The highest BCUT2D eigenvalue weighted by Gasteiger charge is 2.57. The second-order valence-corrected chi connectivity index (χ2v) is 13.8. The molecule has 1 saturated carbocycles. The molecule has 0 radical (unpaired) electrons. The summed E-state index contributed by atoms with van der Waals surface area (Å²) < 4.78 is 75.4. The van der Waals surface area contributed by atoms with Crippen molar-refractivity contribution < 1.29 is 40.7 Å². The van der Waals surface area contributed by atoms with E-state index in [4.69, 9.17) is 4.74 Å². The van der Waals surface area contributed by atoms with E-state index in [-0.39, 0.29) is 53.2 Å². The van der Waals surface area contributed by atoms with E-state index < -0.39 is 22.1 Å². The third-order valence-electron chi connectivity index (χ3n) is 8.54. The van der Waals surface area contributed by atoms with Gasteiger partial charge in [0.25, 0.3) is 11.8 Å². The van der Waals surface area contributed by atoms with Crippen LogP contribution in [0.5, 0.6) is 11.5 Å². The highest BCUT2D eigenvalue weighted by molar-refractivity contribution is 7.89. The Morgan fingerprint density at radius 2 is 1.49 bits per heavy atom. The van der Waals surface area contributed by atoms with E-state index in [1.165, 1.54) is 28.6 Å². The van der Waals surface area contributed by atoms with Crippen LogP contribution in [0.25, 0.3) is 0 Å². The van der Waals surface area contributed by atoms with Gasteiger partial charge in [-0.3, -0.25) is 14.6 Å². The molecular formula is C35H33F3N4O6S. The van der Waals surface area contributed by atoms with Crippen molar-refractivity contribution in [1.29, 1.82) is 0 Å². The number of amides is 2. The molecule has 0 spiro atoms. The molecule has 3 aromatic carbocycles. The smallest absolute Gasteiger partial charge is 0.494 e. The molecule has 2 aliphatic rings. The Labute approximate surface area is 281 Å². The van der Waals surface area contributed by atoms with Gasteiger partial charge in [0.2, 0.25) is 10.0 Å². The summed E-state index contributed by atoms with van der Waals surface area (Å²) in [6, 6.07) is 21.2. The zero-order chi connectivity index (χ0) is 34.8. The Kier molecular flexibility index (Phi) is 9.61. The third-order valence-corrected chi connectivity index (χ3v) is 10.3. The van der Waals surface area contributed by atoms with Crippen molar-refractivity contribution in [3.63, 3.8) is 0 Å². The predicted molar refractivity (Wildman–Crippen MR) is 172 cm³/mol. The Morgan fingerprint density at radius 1 is 0.878 bits per heavy atom. The van der Waals surface area contributed by atoms with Crippen LogP contribution in [0.3, 0.4) is 0 Å². The molecule has 1 aliphatic heterocycles. The minimum Gasteiger partial charge on any atom is -0.494 e. The third kappa shape index (κ3) is 8.03. The normalized spacial score (nSPS) is 18.6. The summed E-state index contributed by atoms with van der Waals surface area (Å²) in [5, 5.41) is 3.03. The topological polar surface area (TPSA) is 118 Å². The number of likely N-dealkylation sites (tertiary alicyclic amines) is 1. The van der Waals surface area contributed by atoms with Crippen LogP contribution in [-0.4, -0.2) is 66.5 Å². The van der Waals surface area contributed by atoms with Crippen molar-refractivity contribution in [2.75, 3.05) is 19.7 Å². The van der Waals surface area contributed by atoms with Gasteiger partial charge >= 0.3 is 6.36 Å². The second kappa shape index (κ2) is 13.9. The van der Waals surface area contributed by atoms with Crippen LogP contribution in [0.1, 0.15) is 38.8 Å². The van der Waals surface area contributed by atoms with E-state index in [0.717, 1.165) is 17.7 Å². The first-order chi connectivity index (χ1) is 23.4. The Hall–Kier alpha value is -4.95. The van der Waals surface area contributed by atoms with Gasteiger partial charge in [0.1, 0.15) is 11.5 Å². The molecule has 0 bridgehead atoms. The summed E-state index contributed by atoms with van der Waals surface area (Å²) in [6.45, 7) is 3.30. The van der Waals surface area contributed by atoms with E-state index in [2.05, 4.69) is 15.0 Å². The van der Waals surface area contributed by atoms with Crippen LogP contribution in [0.15, 0.2) is 102 Å². The summed E-state index contributed by atoms with van der Waals surface area (Å²) in [5.41, 5.74) is 2.07. The first kappa shape index (κ1) is 33.9. The fourth-order valence-electron chi connectivity index (χ4n) is 6.03. The molecule has 1 aliphatic carbocycles. The maximum Gasteiger partial charge on any atom is 0.573 e. The number of carbonyl (C=O) groups is 2. The lowest BCUT2D eigenvalue weighted by molar-refractivity contribution is -0.274. The average molecular weight is 695 g/mol. The van der Waals surface area contributed by atoms with Crippen LogP contribution in [0, 0.1) is 11.8 Å². The van der Waals surface area contributed by atoms with E-state index in [0.29, 0.717) is 36.6 Å². The fraction of sp³-hybridized carbons (Fsp3) is 0.286. The number of aromatic nitrogens is 1. The predicted octanol–water partition coefficient (Wildman–Crippen LogP) is 5.27. The molecule has 1 saturated heterocycles. The summed E-state index contributed by atoms with van der Waals surface area (Å²) in [6.07, 6.45) is -1.58. The average Bonchev–Trinajstić information content (AvgIpc) is 3.50. The summed E-state index contributed by atoms with van der Waals surface area (Å²) in [5.74, 6) is -0.253. The van der Waals surface area contributed by atoms with E-state index in [1.54, 1.807) is 65.8 Å². The first-order valence-corrected chi connectivity index (χ1v) is 17.0. The molecular weight excluding hydrogens is 661 g/mol. The van der Waals surface area contributed by atoms with Crippen molar-refractivity contribution in [2.45, 2.75) is 37.3 Å². The van der Waals surface area contributed by atoms with Crippen LogP contribution in [0.2, 0.25) is 0 Å². The van der Waals surface area contributed by atoms with Crippen LogP contribution < -0.4 is 14.8 Å². The minimum absolute atomic E-state index is 0.0566. The van der Waals surface area contributed by atoms with Crippen molar-refractivity contribution in [3.05, 3.63) is 120 Å². The molecule has 10 nitrogen and oxygen atoms in total. The lowest BCUT2D eigenvalue weighted by atomic mass is 10.1. The molecule has 256 valence electrons. The number of ether oxygens (including phenoxy) is 2. The number of hydrogen-bond donors (Lipinski definition) is 1. The molecule has 2 amide bonds. The second-order valence-electron chi connectivity index (χ2n) is 11.8. The number of benzene rings is 3. The fourth-order valence-corrected chi connectivity index (χ4v) is 7.45. The van der Waals surface area contributed by atoms with Gasteiger partial charge in [0.15, 0.2) is 0 Å². The monoisotopic (exact) mass is 694 g/mol. The van der Waals surface area contributed by atoms with E-state index in [1.807, 2.05) is 6.92 Å². The van der Waals surface area contributed by atoms with Gasteiger partial charge in [-0.25, -0.2) is 8.42 Å². The summed E-state index contributed by atoms with van der Waals surface area (Å²) in [7, 11) is -3.91. The van der Waals surface area contributed by atoms with Gasteiger partial charge in [0, 0.05) is 67.6 Å². The van der Waals surface area contributed by atoms with Gasteiger partial charge in [-0.2, -0.15) is 4.31 Å². The zero-order valence-corrected chi connectivity index (χ0v) is 27.2. The summed E-state index contributed by atoms with van der Waals surface area (Å²) >= 11 is 0. The largest absolute Gasteiger partial charge is 0.573 e. The standard InChI is InChI=1S/C35H33F3N4O6S/c1-2-47-27-13-15-29(16-14-27)49(45,46)42(20-24-4-3-17-39-18-24)19-23-5-7-25(8-6-23)33(43)40-32-30-21-41(22-31(30)32)34(44)26-9-11-28(12-10-26)48-35(36,37)38/h3-18,30-32H,2,19-22H2,1H3,(H,40,43)/t30-,31+,32?. The number of nitrogens with one attached hydrogen (secondary N) is 1. The molecule has 1 N–H and O–H groups in total. The SMILES string of the molecule is CCOc1ccc(S(=O)(=O)N(Cc2ccc(C(=O)NC3[C@H]4CN(C(=O)c5ccc(OC(F)(F)F)cc5)C[C@@H]34)cc2)Cc2cccnc2)cc1. The van der Waals surface area contributed by atoms with Crippen LogP contribution >= 0.6 is 0 Å². The highest BCUT2D eigenvalue weighted by Crippen LogP contribution is 2.46. The maximum absolute atomic E-state index is 13.7. The van der Waals surface area contributed by atoms with Crippen molar-refractivity contribution >= 4 is 21.8 Å². The highest BCUT2D eigenvalue weighted by atomic mass is 32.2. The lowest BCUT2D eigenvalue weighted by Gasteiger charge is -2.23. The quantitative estimate of drug-likeness (QED) is 0.215. The van der Waals surface area contributed by atoms with Crippen LogP contribution in [0.4, 0.5) is 13.2 Å². The number of carbonyl (C=O) groups excluding carboxylic acids is 2. The molecule has 2 fully saturated rings. The molecule has 1 unspecified atom stereocenters. The molecule has 3 atom stereocenters. The number of rotatable bonds is 12. The molecule has 1 aromatic heterocycles. The molecule has 49 heavy (non-hydrogen) atoms. The summed E-state index contributed by atoms with van der Waals surface area (Å²) in [4.78, 5) is 31.8. The first-order valence-electron chi connectivity index (χ1n) is 15.6. The minimum atomic E-state index is -4.81. The Morgan fingerprint density at radius 3 is 2.08 bits per heavy atom. The lowest BCUT2D eigenvalue weighted by Crippen LogP contribution is -2.37. The number of sulfonamides is 1. The zero-order valence-electron chi connectivity index (χ0n) is 26.3. The van der Waals surface area contributed by atoms with Gasteiger partial charge in [-0.15, -0.1) is 13.2 Å². The number of alkyl halides is 3. The van der Waals surface area contributed by atoms with E-state index in [9.17, 15) is 31.2 Å². The Balaban J connectivity index is 1.05. The van der Waals surface area contributed by atoms with Crippen molar-refractivity contribution in [1.82, 2.24) is 19.5 Å². The van der Waals surface area contributed by atoms with Gasteiger partial charge in [0.05, 0.1) is 11.5 Å². The molecule has 6 rings (SSSR count). The van der Waals surface area contributed by atoms with Gasteiger partial charge in [-0.05, 0) is 84.8 Å². The number of hydrogen-bond acceptors (Lipinski definition) is 7. The van der Waals surface area contributed by atoms with Crippen molar-refractivity contribution in [2.24, 2.45) is 11.8 Å². The van der Waals surface area contributed by atoms with Gasteiger partial charge in [-0.1, -0.05) is 18.2 Å². The molecule has 2 heterocycles. The van der Waals surface area contributed by atoms with Gasteiger partial charge < -0.3 is 19.7 Å². The number of nitrogens with zero attached hydrogens (tertiary/aromatic N) is 3. The maximum atomic E-state index is 13.7. The van der Waals surface area contributed by atoms with E-state index >= 15 is 0 Å². The number of piperidine rings is 1.